The molecular formula is C132H100F6O2Si2. The van der Waals surface area contributed by atoms with Crippen molar-refractivity contribution in [2.75, 3.05) is 14.2 Å². The summed E-state index contributed by atoms with van der Waals surface area (Å²) in [5.41, 5.74) is 28.1. The van der Waals surface area contributed by atoms with Crippen molar-refractivity contribution < 1.29 is 35.8 Å². The van der Waals surface area contributed by atoms with E-state index < -0.39 is 16.1 Å². The maximum absolute atomic E-state index is 14.2. The highest BCUT2D eigenvalue weighted by atomic mass is 28.3. The molecule has 24 rings (SSSR count). The van der Waals surface area contributed by atoms with E-state index in [0.29, 0.717) is 0 Å². The van der Waals surface area contributed by atoms with E-state index in [1.807, 2.05) is 97.1 Å². The van der Waals surface area contributed by atoms with Crippen LogP contribution in [0.25, 0.3) is 230 Å². The third kappa shape index (κ3) is 16.8. The maximum Gasteiger partial charge on any atom is 0.123 e. The lowest BCUT2D eigenvalue weighted by Crippen LogP contribution is -2.37. The molecule has 0 radical (unpaired) electrons. The third-order valence-electron chi connectivity index (χ3n) is 28.9. The van der Waals surface area contributed by atoms with Gasteiger partial charge in [-0.25, -0.2) is 26.3 Å². The molecule has 0 N–H and O–H groups in total. The number of methoxy groups -OCH3 is 2. The van der Waals surface area contributed by atoms with Crippen LogP contribution in [0, 0.1) is 34.9 Å². The number of halogens is 6. The number of hydrogen-bond donors (Lipinski definition) is 0. The monoisotopic (exact) mass is 1890 g/mol. The van der Waals surface area contributed by atoms with Gasteiger partial charge in [-0.1, -0.05) is 330 Å². The lowest BCUT2D eigenvalue weighted by Gasteiger charge is -2.22. The van der Waals surface area contributed by atoms with Crippen LogP contribution in [-0.4, -0.2) is 30.4 Å². The quantitative estimate of drug-likeness (QED) is 0.0484. The van der Waals surface area contributed by atoms with E-state index in [9.17, 15) is 26.3 Å². The first kappa shape index (κ1) is 91.1. The number of rotatable bonds is 18. The Morgan fingerprint density at radius 1 is 0.169 bits per heavy atom. The Morgan fingerprint density at radius 2 is 0.296 bits per heavy atom. The average Bonchev–Trinajstić information content (AvgIpc) is 0.714. The molecule has 2 nitrogen and oxygen atoms in total. The Hall–Kier alpha value is -16.0. The van der Waals surface area contributed by atoms with Crippen LogP contribution in [0.4, 0.5) is 26.3 Å². The van der Waals surface area contributed by atoms with E-state index in [1.54, 1.807) is 38.5 Å². The van der Waals surface area contributed by atoms with Crippen LogP contribution in [0.3, 0.4) is 0 Å². The molecule has 0 unspecified atom stereocenters. The van der Waals surface area contributed by atoms with E-state index in [2.05, 4.69) is 284 Å². The normalized spacial score (nSPS) is 11.9. The van der Waals surface area contributed by atoms with Crippen LogP contribution in [0.15, 0.2) is 400 Å². The summed E-state index contributed by atoms with van der Waals surface area (Å²) in [5, 5.41) is 23.4. The molecule has 0 aliphatic carbocycles. The minimum absolute atomic E-state index is 0.248. The summed E-state index contributed by atoms with van der Waals surface area (Å²) in [6, 6.07) is 133. The van der Waals surface area contributed by atoms with Crippen LogP contribution in [0.1, 0.15) is 25.0 Å². The van der Waals surface area contributed by atoms with Gasteiger partial charge >= 0.3 is 0 Å². The molecule has 0 aliphatic rings. The van der Waals surface area contributed by atoms with Gasteiger partial charge in [0.25, 0.3) is 0 Å². The van der Waals surface area contributed by atoms with E-state index in [1.165, 1.54) is 113 Å². The molecule has 142 heavy (non-hydrogen) atoms. The SMILES string of the molecule is CCc1ccc(-c2cc(-c3ccc(F)cc3)c3ccc4c(-c5ccc(CC)cc5)cc(-c5ccc(F)cc5)c5ccc2c3c54)cc1.COc1ccc(-c2cc(-c3ccc(F)cc3)c3ccc4c(-c5ccc(OC)cc5)cc(-c5ccc(F)cc5)c5ccc2c3c54)cc1.C[Si](C)(C)c1ccc(-c2cc(-c3ccc(F)cc3)c3ccc4c(-c5ccc([Si](C)(C)C)cc5)cc(-c5ccc(F)cc5)c5ccc2c3c54)cc1. The van der Waals surface area contributed by atoms with E-state index >= 15 is 0 Å². The molecule has 0 fully saturated rings. The highest BCUT2D eigenvalue weighted by Crippen LogP contribution is 2.54. The van der Waals surface area contributed by atoms with E-state index in [-0.39, 0.29) is 34.9 Å². The molecule has 0 saturated heterocycles. The predicted molar refractivity (Wildman–Crippen MR) is 593 cm³/mol. The van der Waals surface area contributed by atoms with Gasteiger partial charge in [-0.2, -0.15) is 0 Å². The molecule has 24 aromatic rings. The fraction of sp³-hybridized carbons (Fsp3) is 0.0909. The Balaban J connectivity index is 0.000000122. The largest absolute Gasteiger partial charge is 0.497 e. The van der Waals surface area contributed by atoms with Gasteiger partial charge in [-0.15, -0.1) is 0 Å². The van der Waals surface area contributed by atoms with Crippen LogP contribution in [0.5, 0.6) is 11.5 Å². The van der Waals surface area contributed by atoms with Gasteiger partial charge in [0.05, 0.1) is 30.4 Å². The molecule has 10 heteroatoms. The topological polar surface area (TPSA) is 18.5 Å². The fourth-order valence-electron chi connectivity index (χ4n) is 21.3. The molecule has 690 valence electrons. The van der Waals surface area contributed by atoms with Crippen LogP contribution in [0.2, 0.25) is 39.3 Å². The zero-order valence-corrected chi connectivity index (χ0v) is 82.6. The van der Waals surface area contributed by atoms with Gasteiger partial charge in [0, 0.05) is 0 Å². The van der Waals surface area contributed by atoms with Crippen molar-refractivity contribution in [1.29, 1.82) is 0 Å². The van der Waals surface area contributed by atoms with Crippen molar-refractivity contribution in [1.82, 2.24) is 0 Å². The highest BCUT2D eigenvalue weighted by Gasteiger charge is 2.29. The molecule has 0 saturated carbocycles. The van der Waals surface area contributed by atoms with Crippen molar-refractivity contribution in [2.45, 2.75) is 66.0 Å². The molecule has 0 aliphatic heterocycles. The molecule has 24 aromatic carbocycles. The Bertz CT molecular complexity index is 8020. The van der Waals surface area contributed by atoms with Crippen molar-refractivity contribution >= 4 is 123 Å². The first-order valence-electron chi connectivity index (χ1n) is 48.5. The summed E-state index contributed by atoms with van der Waals surface area (Å²) in [6.45, 7) is 18.6. The Morgan fingerprint density at radius 3 is 0.423 bits per heavy atom. The minimum atomic E-state index is -1.48. The summed E-state index contributed by atoms with van der Waals surface area (Å²) in [7, 11) is 0.359. The second-order valence-electron chi connectivity index (χ2n) is 39.3. The molecule has 0 heterocycles. The highest BCUT2D eigenvalue weighted by molar-refractivity contribution is 6.89. The van der Waals surface area contributed by atoms with Crippen molar-refractivity contribution in [3.63, 3.8) is 0 Å². The van der Waals surface area contributed by atoms with Gasteiger partial charge in [0.15, 0.2) is 0 Å². The van der Waals surface area contributed by atoms with Crippen molar-refractivity contribution in [3.8, 4) is 145 Å². The fourth-order valence-corrected chi connectivity index (χ4v) is 23.6. The Kier molecular flexibility index (Phi) is 23.7. The zero-order valence-electron chi connectivity index (χ0n) is 80.6. The standard InChI is InChI=1S/C46H40F2Si2.C44H32F2.C42H28F2O2/c1-49(2,3)35-19-11-31(12-20-35)43-27-41(29-7-15-33(47)16-8-29)37-24-26-40-44(32-13-21-36(22-14-32)50(4,5)6)28-42(30-9-17-34(48)18-10-30)38-23-25-39(43)45(37)46(38)40;1-3-27-5-9-29(10-6-27)39-25-41(31-13-17-33(45)18-14-31)37-24-22-36-40(30-11-7-28(4-2)8-12-30)26-42(32-15-19-34(46)20-16-32)38-23-21-35(39)43(37)44(36)38;1-45-31-15-7-27(8-16-31)39-23-37(25-3-11-29(43)12-4-25)33-20-22-36-40(28-9-17-32(46-2)18-10-28)24-38(26-5-13-30(44)14-6-26)34-19-21-35(39)41(33)42(34)36/h7-28H,1-6H3;5-26H,3-4H2,1-2H3;3-24H,1-2H3. The second kappa shape index (κ2) is 37.0. The number of ether oxygens (including phenoxy) is 2. The van der Waals surface area contributed by atoms with Gasteiger partial charge in [-0.3, -0.25) is 0 Å². The lowest BCUT2D eigenvalue weighted by atomic mass is 9.82. The summed E-state index contributed by atoms with van der Waals surface area (Å²) < 4.78 is 95.8. The minimum Gasteiger partial charge on any atom is -0.497 e. The predicted octanol–water partition coefficient (Wildman–Crippen LogP) is 36.8. The second-order valence-corrected chi connectivity index (χ2v) is 49.5. The first-order valence-corrected chi connectivity index (χ1v) is 55.5. The van der Waals surface area contributed by atoms with Crippen LogP contribution >= 0.6 is 0 Å². The summed E-state index contributed by atoms with van der Waals surface area (Å²) in [6.07, 6.45) is 1.96. The van der Waals surface area contributed by atoms with Gasteiger partial charge in [0.1, 0.15) is 46.4 Å². The molecular weight excluding hydrogens is 1790 g/mol. The van der Waals surface area contributed by atoms with Gasteiger partial charge in [0.2, 0.25) is 0 Å². The first-order chi connectivity index (χ1) is 68.9. The molecule has 0 spiro atoms. The summed E-state index contributed by atoms with van der Waals surface area (Å²) in [4.78, 5) is 0. The zero-order chi connectivity index (χ0) is 97.7. The molecule has 0 atom stereocenters. The molecule has 0 bridgehead atoms. The number of benzene rings is 24. The van der Waals surface area contributed by atoms with Gasteiger partial charge in [-0.05, 0) is 388 Å². The number of aryl methyl sites for hydroxylation is 2. The average molecular weight is 1890 g/mol. The smallest absolute Gasteiger partial charge is 0.123 e. The lowest BCUT2D eigenvalue weighted by molar-refractivity contribution is 0.415. The van der Waals surface area contributed by atoms with Gasteiger partial charge < -0.3 is 9.47 Å². The van der Waals surface area contributed by atoms with Crippen molar-refractivity contribution in [2.24, 2.45) is 0 Å². The molecule has 0 amide bonds. The van der Waals surface area contributed by atoms with Crippen molar-refractivity contribution in [3.05, 3.63) is 446 Å². The number of hydrogen-bond acceptors (Lipinski definition) is 2. The summed E-state index contributed by atoms with van der Waals surface area (Å²) >= 11 is 0. The molecule has 0 aromatic heterocycles. The summed E-state index contributed by atoms with van der Waals surface area (Å²) in [5.74, 6) is 0.0279. The Labute approximate surface area is 825 Å². The van der Waals surface area contributed by atoms with E-state index in [4.69, 9.17) is 9.47 Å². The van der Waals surface area contributed by atoms with Crippen LogP contribution in [-0.2, 0) is 12.8 Å². The van der Waals surface area contributed by atoms with E-state index in [0.717, 1.165) is 212 Å². The van der Waals surface area contributed by atoms with Crippen LogP contribution < -0.4 is 19.8 Å². The maximum atomic E-state index is 14.2. The third-order valence-corrected chi connectivity index (χ3v) is 33.0.